The fourth-order valence-electron chi connectivity index (χ4n) is 5.93. The van der Waals surface area contributed by atoms with Crippen LogP contribution in [0.25, 0.3) is 0 Å². The van der Waals surface area contributed by atoms with E-state index >= 15 is 0 Å². The van der Waals surface area contributed by atoms with E-state index in [0.29, 0.717) is 49.2 Å². The minimum absolute atomic E-state index is 0.0540. The van der Waals surface area contributed by atoms with Gasteiger partial charge in [-0.3, -0.25) is 4.79 Å². The summed E-state index contributed by atoms with van der Waals surface area (Å²) in [5, 5.41) is 12.2. The van der Waals surface area contributed by atoms with E-state index in [4.69, 9.17) is 21.1 Å². The molecule has 0 unspecified atom stereocenters. The number of nitrogens with zero attached hydrogens (tertiary/aromatic N) is 3. The second-order valence-corrected chi connectivity index (χ2v) is 16.9. The molecule has 1 fully saturated rings. The number of likely N-dealkylation sites (tertiary alicyclic amines) is 1. The lowest BCUT2D eigenvalue weighted by Crippen LogP contribution is -2.37. The van der Waals surface area contributed by atoms with Crippen LogP contribution >= 0.6 is 11.6 Å². The molecule has 56 heavy (non-hydrogen) atoms. The van der Waals surface area contributed by atoms with Gasteiger partial charge in [0.25, 0.3) is 0 Å². The monoisotopic (exact) mass is 817 g/mol. The number of aromatic nitrogens is 2. The van der Waals surface area contributed by atoms with E-state index in [0.717, 1.165) is 51.1 Å². The number of carbonyl (C=O) groups is 1. The zero-order valence-electron chi connectivity index (χ0n) is 35.4. The predicted octanol–water partition coefficient (Wildman–Crippen LogP) is 8.65. The third-order valence-corrected chi connectivity index (χ3v) is 11.2. The Morgan fingerprint density at radius 3 is 2.29 bits per heavy atom. The molecule has 0 atom stereocenters. The second kappa shape index (κ2) is 25.7. The number of halogens is 1. The van der Waals surface area contributed by atoms with Crippen LogP contribution in [0.3, 0.4) is 0 Å². The van der Waals surface area contributed by atoms with Gasteiger partial charge in [0.05, 0.1) is 47.0 Å². The molecule has 0 aliphatic carbocycles. The summed E-state index contributed by atoms with van der Waals surface area (Å²) in [7, 11) is -3.56. The Hall–Kier alpha value is -3.49. The number of nitrogens with one attached hydrogen (secondary N) is 4. The number of anilines is 4. The smallest absolute Gasteiger partial charge is 0.229 e. The number of rotatable bonds is 19. The summed E-state index contributed by atoms with van der Waals surface area (Å²) in [6, 6.07) is 10.9. The molecule has 0 bridgehead atoms. The van der Waals surface area contributed by atoms with Gasteiger partial charge in [0.2, 0.25) is 11.9 Å². The Balaban J connectivity index is 0.00000206. The Morgan fingerprint density at radius 1 is 0.982 bits per heavy atom. The third kappa shape index (κ3) is 15.8. The first-order valence-corrected chi connectivity index (χ1v) is 22.2. The number of sulfone groups is 1. The quantitative estimate of drug-likeness (QED) is 0.0863. The molecule has 2 heterocycles. The van der Waals surface area contributed by atoms with Crippen LogP contribution in [0.2, 0.25) is 5.02 Å². The molecule has 0 radical (unpaired) electrons. The van der Waals surface area contributed by atoms with Crippen molar-refractivity contribution in [1.82, 2.24) is 25.5 Å². The van der Waals surface area contributed by atoms with Gasteiger partial charge in [-0.05, 0) is 108 Å². The van der Waals surface area contributed by atoms with Crippen molar-refractivity contribution in [1.29, 1.82) is 0 Å². The number of hydrogen-bond acceptors (Lipinski definition) is 11. The van der Waals surface area contributed by atoms with Crippen LogP contribution in [-0.2, 0) is 19.4 Å². The van der Waals surface area contributed by atoms with Gasteiger partial charge in [-0.25, -0.2) is 13.4 Å². The van der Waals surface area contributed by atoms with E-state index in [1.165, 1.54) is 18.2 Å². The zero-order valence-corrected chi connectivity index (χ0v) is 37.0. The average molecular weight is 819 g/mol. The van der Waals surface area contributed by atoms with Crippen molar-refractivity contribution in [3.05, 3.63) is 58.7 Å². The standard InChI is InChI=1S/C37H54ClN7O5S.C3H8.C2H6/c1-7-39-15-20-49-21-16-40-35(46)14-19-45-17-12-28(13-18-45)29-23-33(50-25(2)3)32(22-27(29)6)43-37-41-24-30(38)36(44-37)42-31-10-8-9-11-34(31)51(47,48)26(4)5;1-3-2;1-2/h8-11,22-26,28,39H,7,12-21H2,1-6H3,(H,40,46)(H2,41,42,43,44);3H2,1-2H3;1-2H3. The number of para-hydroxylation sites is 1. The van der Waals surface area contributed by atoms with Gasteiger partial charge < -0.3 is 35.6 Å². The summed E-state index contributed by atoms with van der Waals surface area (Å²) >= 11 is 6.48. The van der Waals surface area contributed by atoms with Gasteiger partial charge >= 0.3 is 0 Å². The van der Waals surface area contributed by atoms with Crippen molar-refractivity contribution >= 4 is 50.5 Å². The van der Waals surface area contributed by atoms with Crippen LogP contribution in [0, 0.1) is 6.92 Å². The van der Waals surface area contributed by atoms with E-state index in [9.17, 15) is 13.2 Å². The molecule has 1 aliphatic rings. The predicted molar refractivity (Wildman–Crippen MR) is 232 cm³/mol. The fraction of sp³-hybridized carbons (Fsp3) is 0.595. The molecule has 1 aromatic heterocycles. The van der Waals surface area contributed by atoms with Gasteiger partial charge in [0.1, 0.15) is 10.8 Å². The molecule has 1 saturated heterocycles. The number of ether oxygens (including phenoxy) is 2. The maximum Gasteiger partial charge on any atom is 0.229 e. The lowest BCUT2D eigenvalue weighted by Gasteiger charge is -2.33. The molecule has 14 heteroatoms. The van der Waals surface area contributed by atoms with Gasteiger partial charge in [-0.15, -0.1) is 0 Å². The normalized spacial score (nSPS) is 13.4. The van der Waals surface area contributed by atoms with Gasteiger partial charge in [0.15, 0.2) is 15.7 Å². The highest BCUT2D eigenvalue weighted by Gasteiger charge is 2.25. The first-order chi connectivity index (χ1) is 26.8. The van der Waals surface area contributed by atoms with Crippen LogP contribution in [0.5, 0.6) is 5.75 Å². The number of aryl methyl sites for hydroxylation is 1. The largest absolute Gasteiger partial charge is 0.489 e. The number of benzene rings is 2. The average Bonchev–Trinajstić information content (AvgIpc) is 3.17. The summed E-state index contributed by atoms with van der Waals surface area (Å²) in [6.07, 6.45) is 5.10. The molecule has 4 N–H and O–H groups in total. The van der Waals surface area contributed by atoms with Gasteiger partial charge in [-0.1, -0.05) is 64.8 Å². The summed E-state index contributed by atoms with van der Waals surface area (Å²) in [5.74, 6) is 1.66. The Labute approximate surface area is 342 Å². The SMILES string of the molecule is CC.CCC.CCNCCOCCNC(=O)CCN1CCC(c2cc(OC(C)C)c(Nc3ncc(Cl)c(Nc4ccccc4S(=O)(=O)C(C)C)n3)cc2C)CC1. The first-order valence-electron chi connectivity index (χ1n) is 20.3. The topological polar surface area (TPSA) is 147 Å². The van der Waals surface area contributed by atoms with Crippen molar-refractivity contribution in [2.24, 2.45) is 0 Å². The maximum absolute atomic E-state index is 13.0. The summed E-state index contributed by atoms with van der Waals surface area (Å²) in [6.45, 7) is 25.7. The van der Waals surface area contributed by atoms with Gasteiger partial charge in [-0.2, -0.15) is 4.98 Å². The van der Waals surface area contributed by atoms with Crippen LogP contribution in [0.1, 0.15) is 105 Å². The Morgan fingerprint density at radius 2 is 1.64 bits per heavy atom. The molecular weight excluding hydrogens is 750 g/mol. The Kier molecular flexibility index (Phi) is 22.3. The number of hydrogen-bond donors (Lipinski definition) is 4. The molecule has 314 valence electrons. The minimum atomic E-state index is -3.56. The van der Waals surface area contributed by atoms with Crippen molar-refractivity contribution in [3.63, 3.8) is 0 Å². The summed E-state index contributed by atoms with van der Waals surface area (Å²) in [4.78, 5) is 23.9. The molecule has 1 amide bonds. The van der Waals surface area contributed by atoms with Crippen LogP contribution < -0.4 is 26.0 Å². The number of carbonyl (C=O) groups excluding carboxylic acids is 1. The van der Waals surface area contributed by atoms with E-state index in [1.807, 2.05) is 27.7 Å². The molecule has 0 saturated carbocycles. The van der Waals surface area contributed by atoms with E-state index in [-0.39, 0.29) is 33.7 Å². The van der Waals surface area contributed by atoms with Gasteiger partial charge in [0, 0.05) is 26.1 Å². The lowest BCUT2D eigenvalue weighted by molar-refractivity contribution is -0.121. The minimum Gasteiger partial charge on any atom is -0.489 e. The fourth-order valence-corrected chi connectivity index (χ4v) is 7.27. The highest BCUT2D eigenvalue weighted by Crippen LogP contribution is 2.38. The van der Waals surface area contributed by atoms with Crippen LogP contribution in [-0.4, -0.2) is 93.0 Å². The van der Waals surface area contributed by atoms with Crippen molar-refractivity contribution in [2.75, 3.05) is 63.1 Å². The molecule has 12 nitrogen and oxygen atoms in total. The van der Waals surface area contributed by atoms with E-state index in [2.05, 4.69) is 76.0 Å². The highest BCUT2D eigenvalue weighted by atomic mass is 35.5. The summed E-state index contributed by atoms with van der Waals surface area (Å²) < 4.78 is 37.9. The lowest BCUT2D eigenvalue weighted by atomic mass is 9.86. The molecular formula is C42H68ClN7O5S. The Bertz CT molecular complexity index is 1720. The molecule has 2 aromatic carbocycles. The van der Waals surface area contributed by atoms with Crippen LogP contribution in [0.4, 0.5) is 23.1 Å². The highest BCUT2D eigenvalue weighted by molar-refractivity contribution is 7.92. The van der Waals surface area contributed by atoms with Crippen LogP contribution in [0.15, 0.2) is 47.5 Å². The summed E-state index contributed by atoms with van der Waals surface area (Å²) in [5.41, 5.74) is 3.46. The molecule has 4 rings (SSSR count). The van der Waals surface area contributed by atoms with Crippen molar-refractivity contribution in [2.45, 2.75) is 117 Å². The van der Waals surface area contributed by atoms with Crippen molar-refractivity contribution < 1.29 is 22.7 Å². The first kappa shape index (κ1) is 48.7. The van der Waals surface area contributed by atoms with E-state index < -0.39 is 15.1 Å². The number of piperidine rings is 1. The molecule has 1 aliphatic heterocycles. The zero-order chi connectivity index (χ0) is 41.7. The number of amides is 1. The number of likely N-dealkylation sites (N-methyl/N-ethyl adjacent to an activating group) is 1. The second-order valence-electron chi connectivity index (χ2n) is 14.0. The van der Waals surface area contributed by atoms with E-state index in [1.54, 1.807) is 38.1 Å². The molecule has 0 spiro atoms. The maximum atomic E-state index is 13.0. The van der Waals surface area contributed by atoms with Crippen molar-refractivity contribution in [3.8, 4) is 5.75 Å². The molecule has 3 aromatic rings. The third-order valence-electron chi connectivity index (χ3n) is 8.71.